The molecule has 10 nitrogen and oxygen atoms in total. The summed E-state index contributed by atoms with van der Waals surface area (Å²) in [6.45, 7) is 2.32. The molecule has 0 bridgehead atoms. The molecule has 40 heavy (non-hydrogen) atoms. The maximum absolute atomic E-state index is 14.0. The molecule has 0 unspecified atom stereocenters. The summed E-state index contributed by atoms with van der Waals surface area (Å²) in [5.74, 6) is -0.217. The van der Waals surface area contributed by atoms with Crippen LogP contribution in [0.15, 0.2) is 29.4 Å². The van der Waals surface area contributed by atoms with E-state index in [4.69, 9.17) is 10.3 Å². The summed E-state index contributed by atoms with van der Waals surface area (Å²) in [5, 5.41) is 6.86. The van der Waals surface area contributed by atoms with Crippen LogP contribution in [0.1, 0.15) is 86.0 Å². The fraction of sp³-hybridized carbons (Fsp3) is 0.700. The maximum Gasteiger partial charge on any atom is 0.251 e. The predicted octanol–water partition coefficient (Wildman–Crippen LogP) is 3.95. The van der Waals surface area contributed by atoms with Crippen molar-refractivity contribution in [3.8, 4) is 0 Å². The van der Waals surface area contributed by atoms with E-state index in [0.717, 1.165) is 64.1 Å². The first-order chi connectivity index (χ1) is 19.5. The van der Waals surface area contributed by atoms with Gasteiger partial charge < -0.3 is 19.9 Å². The second kappa shape index (κ2) is 11.9. The lowest BCUT2D eigenvalue weighted by Crippen LogP contribution is -2.55. The van der Waals surface area contributed by atoms with Crippen LogP contribution in [-0.2, 0) is 14.3 Å². The Morgan fingerprint density at radius 3 is 2.38 bits per heavy atom. The smallest absolute Gasteiger partial charge is 0.251 e. The molecule has 4 atom stereocenters. The number of benzene rings is 1. The first kappa shape index (κ1) is 27.2. The second-order valence-corrected chi connectivity index (χ2v) is 12.3. The summed E-state index contributed by atoms with van der Waals surface area (Å²) >= 11 is 0. The van der Waals surface area contributed by atoms with Crippen LogP contribution in [0.25, 0.3) is 10.4 Å². The molecule has 1 N–H and O–H groups in total. The normalized spacial score (nSPS) is 28.9. The van der Waals surface area contributed by atoms with Gasteiger partial charge in [-0.05, 0) is 86.7 Å². The average molecular weight is 549 g/mol. The summed E-state index contributed by atoms with van der Waals surface area (Å²) in [6.07, 6.45) is 10.6. The number of fused-ring (bicyclic) bond motifs is 1. The van der Waals surface area contributed by atoms with Crippen molar-refractivity contribution in [3.05, 3.63) is 45.8 Å². The summed E-state index contributed by atoms with van der Waals surface area (Å²) in [5.41, 5.74) is 10.8. The molecular weight excluding hydrogens is 508 g/mol. The van der Waals surface area contributed by atoms with Gasteiger partial charge in [0.1, 0.15) is 18.7 Å². The Kier molecular flexibility index (Phi) is 8.10. The number of ether oxygens (including phenoxy) is 1. The molecule has 3 aliphatic heterocycles. The van der Waals surface area contributed by atoms with Crippen LogP contribution in [0.4, 0.5) is 0 Å². The predicted molar refractivity (Wildman–Crippen MR) is 149 cm³/mol. The number of amides is 2. The number of carbonyl (C=O) groups excluding carboxylic acids is 3. The van der Waals surface area contributed by atoms with Crippen molar-refractivity contribution < 1.29 is 19.1 Å². The van der Waals surface area contributed by atoms with Crippen molar-refractivity contribution in [2.45, 2.75) is 100 Å². The van der Waals surface area contributed by atoms with Gasteiger partial charge in [-0.2, -0.15) is 0 Å². The van der Waals surface area contributed by atoms with E-state index in [0.29, 0.717) is 11.5 Å². The minimum absolute atomic E-state index is 0.000262. The zero-order valence-electron chi connectivity index (χ0n) is 23.1. The van der Waals surface area contributed by atoms with Gasteiger partial charge in [-0.1, -0.05) is 42.9 Å². The van der Waals surface area contributed by atoms with Gasteiger partial charge >= 0.3 is 0 Å². The van der Waals surface area contributed by atoms with Crippen LogP contribution in [-0.4, -0.2) is 83.9 Å². The van der Waals surface area contributed by atoms with Crippen LogP contribution in [0.3, 0.4) is 0 Å². The van der Waals surface area contributed by atoms with Crippen LogP contribution < -0.4 is 5.32 Å². The molecule has 3 heterocycles. The molecule has 2 aliphatic carbocycles. The topological polar surface area (TPSA) is 128 Å². The Hall–Kier alpha value is -2.94. The lowest BCUT2D eigenvalue weighted by molar-refractivity contribution is -0.139. The van der Waals surface area contributed by atoms with Crippen molar-refractivity contribution in [2.75, 3.05) is 26.2 Å². The van der Waals surface area contributed by atoms with Crippen LogP contribution in [0.2, 0.25) is 0 Å². The van der Waals surface area contributed by atoms with Gasteiger partial charge in [0.05, 0.1) is 12.1 Å². The Balaban J connectivity index is 1.14. The summed E-state index contributed by atoms with van der Waals surface area (Å²) in [4.78, 5) is 47.1. The van der Waals surface area contributed by atoms with E-state index in [1.165, 1.54) is 29.7 Å². The van der Waals surface area contributed by atoms with E-state index in [1.54, 1.807) is 0 Å². The SMILES string of the molecule is [N-]=[N+]=N[C@H]1CN(C(=O)[C@@H](NC(=O)c2ccc(C3CCN(C4CCC4)CC3)cc2)C2CCCCC2)[C@@H]2C(=O)CO[C@H]12. The minimum atomic E-state index is -0.763. The fourth-order valence-corrected chi connectivity index (χ4v) is 7.53. The standard InChI is InChI=1S/C30H40N6O4/c31-34-33-24-17-36(27-25(37)18-40-28(24)27)30(39)26(21-5-2-1-3-6-21)32-29(38)22-11-9-19(10-12-22)20-13-15-35(16-14-20)23-7-4-8-23/h9-12,20-21,23-24,26-28H,1-8,13-18H2,(H,32,38)/t24-,26-,27+,28+/m0/s1. The molecule has 2 amide bonds. The number of nitrogens with zero attached hydrogens (tertiary/aromatic N) is 5. The Morgan fingerprint density at radius 1 is 1.00 bits per heavy atom. The van der Waals surface area contributed by atoms with Gasteiger partial charge in [0, 0.05) is 23.1 Å². The van der Waals surface area contributed by atoms with Gasteiger partial charge in [0.25, 0.3) is 5.91 Å². The van der Waals surface area contributed by atoms with E-state index in [1.807, 2.05) is 12.1 Å². The van der Waals surface area contributed by atoms with Crippen LogP contribution in [0, 0.1) is 5.92 Å². The molecule has 0 radical (unpaired) electrons. The highest BCUT2D eigenvalue weighted by Gasteiger charge is 2.53. The van der Waals surface area contributed by atoms with Crippen molar-refractivity contribution in [1.82, 2.24) is 15.1 Å². The molecule has 0 spiro atoms. The largest absolute Gasteiger partial charge is 0.367 e. The molecule has 2 saturated carbocycles. The van der Waals surface area contributed by atoms with E-state index in [9.17, 15) is 14.4 Å². The van der Waals surface area contributed by atoms with Gasteiger partial charge in [-0.25, -0.2) is 0 Å². The highest BCUT2D eigenvalue weighted by Crippen LogP contribution is 2.35. The van der Waals surface area contributed by atoms with Crippen LogP contribution in [0.5, 0.6) is 0 Å². The number of nitrogens with one attached hydrogen (secondary N) is 1. The molecule has 6 rings (SSSR count). The lowest BCUT2D eigenvalue weighted by Gasteiger charge is -2.42. The maximum atomic E-state index is 14.0. The third kappa shape index (κ3) is 5.37. The molecule has 1 aromatic carbocycles. The molecule has 1 aromatic rings. The van der Waals surface area contributed by atoms with Gasteiger partial charge in [-0.3, -0.25) is 14.4 Å². The van der Waals surface area contributed by atoms with E-state index in [-0.39, 0.29) is 36.7 Å². The zero-order chi connectivity index (χ0) is 27.6. The Bertz CT molecular complexity index is 1150. The monoisotopic (exact) mass is 548 g/mol. The molecule has 10 heteroatoms. The summed E-state index contributed by atoms with van der Waals surface area (Å²) in [7, 11) is 0. The number of Topliss-reactive ketones (excluding diaryl/α,β-unsaturated/α-hetero) is 1. The summed E-state index contributed by atoms with van der Waals surface area (Å²) < 4.78 is 5.60. The molecule has 5 aliphatic rings. The number of rotatable bonds is 7. The molecule has 5 fully saturated rings. The third-order valence-corrected chi connectivity index (χ3v) is 10.1. The Labute approximate surface area is 235 Å². The highest BCUT2D eigenvalue weighted by atomic mass is 16.5. The van der Waals surface area contributed by atoms with E-state index >= 15 is 0 Å². The Morgan fingerprint density at radius 2 is 1.73 bits per heavy atom. The third-order valence-electron chi connectivity index (χ3n) is 10.1. The van der Waals surface area contributed by atoms with Crippen molar-refractivity contribution in [1.29, 1.82) is 0 Å². The molecule has 3 saturated heterocycles. The number of carbonyl (C=O) groups is 3. The zero-order valence-corrected chi connectivity index (χ0v) is 23.1. The molecule has 0 aromatic heterocycles. The number of likely N-dealkylation sites (tertiary alicyclic amines) is 2. The minimum Gasteiger partial charge on any atom is -0.367 e. The van der Waals surface area contributed by atoms with Crippen LogP contribution >= 0.6 is 0 Å². The van der Waals surface area contributed by atoms with Crippen molar-refractivity contribution in [3.63, 3.8) is 0 Å². The number of hydrogen-bond acceptors (Lipinski definition) is 6. The van der Waals surface area contributed by atoms with Gasteiger partial charge in [-0.15, -0.1) is 0 Å². The molecular formula is C30H40N6O4. The fourth-order valence-electron chi connectivity index (χ4n) is 7.53. The number of hydrogen-bond donors (Lipinski definition) is 1. The molecule has 214 valence electrons. The van der Waals surface area contributed by atoms with E-state index < -0.39 is 24.2 Å². The number of piperidine rings is 1. The van der Waals surface area contributed by atoms with E-state index in [2.05, 4.69) is 32.4 Å². The van der Waals surface area contributed by atoms with Crippen molar-refractivity contribution in [2.24, 2.45) is 11.0 Å². The quantitative estimate of drug-likeness (QED) is 0.313. The lowest BCUT2D eigenvalue weighted by atomic mass is 9.83. The van der Waals surface area contributed by atoms with Crippen molar-refractivity contribution >= 4 is 17.6 Å². The number of ketones is 1. The van der Waals surface area contributed by atoms with Gasteiger partial charge in [0.15, 0.2) is 5.78 Å². The first-order valence-corrected chi connectivity index (χ1v) is 15.2. The van der Waals surface area contributed by atoms with Gasteiger partial charge in [0.2, 0.25) is 5.91 Å². The first-order valence-electron chi connectivity index (χ1n) is 15.2. The second-order valence-electron chi connectivity index (χ2n) is 12.3. The summed E-state index contributed by atoms with van der Waals surface area (Å²) in [6, 6.07) is 6.58. The average Bonchev–Trinajstić information content (AvgIpc) is 3.52. The highest BCUT2D eigenvalue weighted by molar-refractivity contribution is 5.99. The number of azide groups is 1.